The molecule has 0 aromatic heterocycles. The number of nitrogens with two attached hydrogens (primary N) is 1. The summed E-state index contributed by atoms with van der Waals surface area (Å²) in [4.78, 5) is 2.36. The van der Waals surface area contributed by atoms with Crippen LogP contribution in [0.5, 0.6) is 0 Å². The zero-order valence-corrected chi connectivity index (χ0v) is 32.3. The van der Waals surface area contributed by atoms with Crippen LogP contribution in [0.1, 0.15) is 69.7 Å². The summed E-state index contributed by atoms with van der Waals surface area (Å²) in [7, 11) is 0. The lowest BCUT2D eigenvalue weighted by molar-refractivity contribution is 0.490. The summed E-state index contributed by atoms with van der Waals surface area (Å²) in [5.41, 5.74) is 18.4. The van der Waals surface area contributed by atoms with E-state index in [2.05, 4.69) is 177 Å². The van der Waals surface area contributed by atoms with Crippen LogP contribution in [0.4, 0.5) is 17.1 Å². The van der Waals surface area contributed by atoms with Gasteiger partial charge in [-0.15, -0.1) is 0 Å². The van der Waals surface area contributed by atoms with Crippen molar-refractivity contribution < 1.29 is 0 Å². The van der Waals surface area contributed by atoms with Crippen molar-refractivity contribution in [2.24, 2.45) is 5.73 Å². The Bertz CT molecular complexity index is 1970. The number of rotatable bonds is 12. The molecular formula is C51H56N2. The molecule has 1 aliphatic rings. The molecule has 2 nitrogen and oxygen atoms in total. The van der Waals surface area contributed by atoms with Gasteiger partial charge in [-0.1, -0.05) is 186 Å². The van der Waals surface area contributed by atoms with Gasteiger partial charge in [-0.05, 0) is 95.1 Å². The lowest BCUT2D eigenvalue weighted by Gasteiger charge is -2.32. The molecule has 5 aromatic carbocycles. The molecule has 0 fully saturated rings. The highest BCUT2D eigenvalue weighted by atomic mass is 15.1. The number of hydrogen-bond donors (Lipinski definition) is 1. The molecule has 0 radical (unpaired) electrons. The number of para-hydroxylation sites is 2. The van der Waals surface area contributed by atoms with Crippen molar-refractivity contribution >= 4 is 29.2 Å². The SMILES string of the molecule is C=C/C=C\C=C/C.CC.CCC1(CC)c2cc(/C=C/C(/C=C\c3ccccc3)=C/CN)ccc2-c2ccc(N(c3ccccc3)c3ccccc3)cc21. The van der Waals surface area contributed by atoms with Gasteiger partial charge in [0, 0.05) is 29.0 Å². The van der Waals surface area contributed by atoms with Crippen molar-refractivity contribution in [3.63, 3.8) is 0 Å². The Morgan fingerprint density at radius 3 is 1.68 bits per heavy atom. The summed E-state index contributed by atoms with van der Waals surface area (Å²) < 4.78 is 0. The Kier molecular flexibility index (Phi) is 15.9. The zero-order valence-electron chi connectivity index (χ0n) is 32.3. The van der Waals surface area contributed by atoms with E-state index in [9.17, 15) is 0 Å². The van der Waals surface area contributed by atoms with Crippen molar-refractivity contribution in [2.75, 3.05) is 11.4 Å². The van der Waals surface area contributed by atoms with Gasteiger partial charge >= 0.3 is 0 Å². The molecule has 0 atom stereocenters. The standard InChI is InChI=1S/C42H40N2.C7H10.C2H6/c1-3-42(4-2)40-30-34(23-22-33(28-29-43)21-20-32-14-8-5-9-15-32)24-26-38(40)39-27-25-37(31-41(39)42)44(35-16-10-6-11-17-35)36-18-12-7-13-19-36;1-3-5-7-6-4-2;1-2/h5-28,30-31H,3-4,29,43H2,1-2H3;3-7H,1H2,2H3;1-2H3/b21-20-,23-22+,33-28+;6-4-,7-5-;. The monoisotopic (exact) mass is 696 g/mol. The minimum atomic E-state index is -0.0489. The van der Waals surface area contributed by atoms with Crippen LogP contribution in [0, 0.1) is 0 Å². The summed E-state index contributed by atoms with van der Waals surface area (Å²) in [5, 5.41) is 0. The fourth-order valence-corrected chi connectivity index (χ4v) is 6.89. The molecule has 0 saturated heterocycles. The average Bonchev–Trinajstić information content (AvgIpc) is 3.50. The quantitative estimate of drug-likeness (QED) is 0.132. The van der Waals surface area contributed by atoms with Crippen molar-refractivity contribution in [3.8, 4) is 11.1 Å². The van der Waals surface area contributed by atoms with Crippen LogP contribution in [0.2, 0.25) is 0 Å². The molecule has 0 saturated carbocycles. The molecule has 1 aliphatic carbocycles. The van der Waals surface area contributed by atoms with E-state index in [-0.39, 0.29) is 5.41 Å². The van der Waals surface area contributed by atoms with E-state index in [0.717, 1.165) is 29.8 Å². The largest absolute Gasteiger partial charge is 0.327 e. The van der Waals surface area contributed by atoms with E-state index in [0.29, 0.717) is 6.54 Å². The van der Waals surface area contributed by atoms with Gasteiger partial charge in [0.25, 0.3) is 0 Å². The van der Waals surface area contributed by atoms with Gasteiger partial charge in [-0.25, -0.2) is 0 Å². The first-order valence-electron chi connectivity index (χ1n) is 19.0. The first kappa shape index (κ1) is 40.1. The van der Waals surface area contributed by atoms with Crippen LogP contribution in [-0.4, -0.2) is 6.54 Å². The number of benzene rings is 5. The third-order valence-electron chi connectivity index (χ3n) is 9.50. The van der Waals surface area contributed by atoms with Crippen molar-refractivity contribution in [3.05, 3.63) is 210 Å². The van der Waals surface area contributed by atoms with E-state index in [1.807, 2.05) is 51.1 Å². The third kappa shape index (κ3) is 10.0. The van der Waals surface area contributed by atoms with Crippen LogP contribution in [0.3, 0.4) is 0 Å². The Labute approximate surface area is 319 Å². The van der Waals surface area contributed by atoms with E-state index in [4.69, 9.17) is 5.73 Å². The molecule has 0 heterocycles. The van der Waals surface area contributed by atoms with Gasteiger partial charge in [0.05, 0.1) is 0 Å². The highest BCUT2D eigenvalue weighted by Crippen LogP contribution is 2.54. The first-order chi connectivity index (χ1) is 26.1. The summed E-state index contributed by atoms with van der Waals surface area (Å²) in [5.74, 6) is 0. The second-order valence-corrected chi connectivity index (χ2v) is 12.5. The van der Waals surface area contributed by atoms with E-state index < -0.39 is 0 Å². The minimum Gasteiger partial charge on any atom is -0.327 e. The number of fused-ring (bicyclic) bond motifs is 3. The summed E-state index contributed by atoms with van der Waals surface area (Å²) >= 11 is 0. The lowest BCUT2D eigenvalue weighted by Crippen LogP contribution is -2.23. The van der Waals surface area contributed by atoms with Gasteiger partial charge in [0.15, 0.2) is 0 Å². The summed E-state index contributed by atoms with van der Waals surface area (Å²) in [6, 6.07) is 45.7. The first-order valence-corrected chi connectivity index (χ1v) is 19.0. The molecular weight excluding hydrogens is 641 g/mol. The van der Waals surface area contributed by atoms with Gasteiger partial charge < -0.3 is 10.6 Å². The second kappa shape index (κ2) is 21.0. The summed E-state index contributed by atoms with van der Waals surface area (Å²) in [6.07, 6.45) is 22.3. The molecule has 0 amide bonds. The molecule has 6 rings (SSSR count). The number of hydrogen-bond acceptors (Lipinski definition) is 2. The smallest absolute Gasteiger partial charge is 0.0465 e. The van der Waals surface area contributed by atoms with Crippen LogP contribution < -0.4 is 10.6 Å². The fourth-order valence-electron chi connectivity index (χ4n) is 6.89. The second-order valence-electron chi connectivity index (χ2n) is 12.5. The molecule has 0 aliphatic heterocycles. The maximum Gasteiger partial charge on any atom is 0.0465 e. The van der Waals surface area contributed by atoms with Crippen molar-refractivity contribution in [1.29, 1.82) is 0 Å². The van der Waals surface area contributed by atoms with Gasteiger partial charge in [-0.3, -0.25) is 0 Å². The topological polar surface area (TPSA) is 29.3 Å². The van der Waals surface area contributed by atoms with Crippen LogP contribution in [0.15, 0.2) is 188 Å². The van der Waals surface area contributed by atoms with Gasteiger partial charge in [-0.2, -0.15) is 0 Å². The van der Waals surface area contributed by atoms with Crippen molar-refractivity contribution in [1.82, 2.24) is 0 Å². The van der Waals surface area contributed by atoms with Crippen LogP contribution in [-0.2, 0) is 5.41 Å². The highest BCUT2D eigenvalue weighted by molar-refractivity contribution is 5.86. The zero-order chi connectivity index (χ0) is 37.9. The molecule has 5 aromatic rings. The highest BCUT2D eigenvalue weighted by Gasteiger charge is 2.41. The molecule has 0 unspecified atom stereocenters. The van der Waals surface area contributed by atoms with Crippen molar-refractivity contribution in [2.45, 2.75) is 52.9 Å². The van der Waals surface area contributed by atoms with E-state index >= 15 is 0 Å². The molecule has 2 heteroatoms. The van der Waals surface area contributed by atoms with Gasteiger partial charge in [0.1, 0.15) is 0 Å². The average molecular weight is 697 g/mol. The normalized spacial score (nSPS) is 13.0. The summed E-state index contributed by atoms with van der Waals surface area (Å²) in [6.45, 7) is 14.7. The molecule has 53 heavy (non-hydrogen) atoms. The number of nitrogens with zero attached hydrogens (tertiary/aromatic N) is 1. The Hall–Kier alpha value is -5.70. The Balaban J connectivity index is 0.000000627. The maximum atomic E-state index is 5.92. The number of allylic oxidation sites excluding steroid dienone is 8. The molecule has 0 bridgehead atoms. The predicted octanol–water partition coefficient (Wildman–Crippen LogP) is 14.2. The van der Waals surface area contributed by atoms with Crippen LogP contribution in [0.25, 0.3) is 23.3 Å². The third-order valence-corrected chi connectivity index (χ3v) is 9.50. The molecule has 270 valence electrons. The predicted molar refractivity (Wildman–Crippen MR) is 235 cm³/mol. The van der Waals surface area contributed by atoms with E-state index in [1.165, 1.54) is 39.1 Å². The molecule has 0 spiro atoms. The van der Waals surface area contributed by atoms with Crippen LogP contribution >= 0.6 is 0 Å². The fraction of sp³-hybridized carbons (Fsp3) is 0.176. The Morgan fingerprint density at radius 2 is 1.15 bits per heavy atom. The molecule has 2 N–H and O–H groups in total. The lowest BCUT2D eigenvalue weighted by atomic mass is 9.73. The van der Waals surface area contributed by atoms with E-state index in [1.54, 1.807) is 6.08 Å². The maximum absolute atomic E-state index is 5.92. The Morgan fingerprint density at radius 1 is 0.623 bits per heavy atom. The van der Waals surface area contributed by atoms with Gasteiger partial charge in [0.2, 0.25) is 0 Å². The minimum absolute atomic E-state index is 0.0489. The number of anilines is 3.